The van der Waals surface area contributed by atoms with Crippen LogP contribution in [0, 0.1) is 0 Å². The fourth-order valence-electron chi connectivity index (χ4n) is 3.18. The first-order valence-corrected chi connectivity index (χ1v) is 7.81. The van der Waals surface area contributed by atoms with Gasteiger partial charge < -0.3 is 20.2 Å². The first kappa shape index (κ1) is 16.9. The second kappa shape index (κ2) is 7.70. The average Bonchev–Trinajstić information content (AvgIpc) is 2.56. The topological polar surface area (TPSA) is 55.8 Å². The van der Waals surface area contributed by atoms with Gasteiger partial charge in [-0.25, -0.2) is 0 Å². The predicted octanol–water partition coefficient (Wildman–Crippen LogP) is 1.60. The number of piperidine rings is 1. The van der Waals surface area contributed by atoms with Gasteiger partial charge in [-0.15, -0.1) is 12.4 Å². The number of nitrogens with zero attached hydrogens (tertiary/aromatic N) is 2. The van der Waals surface area contributed by atoms with E-state index in [0.717, 1.165) is 51.3 Å². The molecule has 0 saturated carbocycles. The Kier molecular flexibility index (Phi) is 5.91. The van der Waals surface area contributed by atoms with Gasteiger partial charge in [-0.1, -0.05) is 18.6 Å². The van der Waals surface area contributed by atoms with Crippen molar-refractivity contribution in [2.24, 2.45) is 0 Å². The van der Waals surface area contributed by atoms with E-state index in [9.17, 15) is 9.90 Å². The minimum Gasteiger partial charge on any atom is -0.506 e. The smallest absolute Gasteiger partial charge is 0.239 e. The number of carbonyl (C=O) groups is 1. The van der Waals surface area contributed by atoms with Crippen LogP contribution in [0.4, 0.5) is 5.69 Å². The standard InChI is InChI=1S/C16H23N3O2.ClH/c20-15-7-2-1-6-14(15)18-9-11-19(12-10-18)16(21)13-5-3-4-8-17-13;/h1-2,6-7,13,17,20H,3-5,8-12H2;1H/t13-;/m1./s1. The van der Waals surface area contributed by atoms with E-state index in [0.29, 0.717) is 5.75 Å². The van der Waals surface area contributed by atoms with Gasteiger partial charge in [0.05, 0.1) is 11.7 Å². The Morgan fingerprint density at radius 3 is 2.50 bits per heavy atom. The van der Waals surface area contributed by atoms with Crippen molar-refractivity contribution in [2.45, 2.75) is 25.3 Å². The minimum absolute atomic E-state index is 0. The van der Waals surface area contributed by atoms with Gasteiger partial charge in [-0.2, -0.15) is 0 Å². The normalized spacial score (nSPS) is 22.1. The molecule has 1 amide bonds. The Bertz CT molecular complexity index is 498. The zero-order valence-electron chi connectivity index (χ0n) is 12.7. The molecule has 2 aliphatic heterocycles. The van der Waals surface area contributed by atoms with Crippen molar-refractivity contribution in [3.63, 3.8) is 0 Å². The van der Waals surface area contributed by atoms with E-state index in [4.69, 9.17) is 0 Å². The van der Waals surface area contributed by atoms with Gasteiger partial charge in [0.25, 0.3) is 0 Å². The molecule has 3 rings (SSSR count). The average molecular weight is 326 g/mol. The lowest BCUT2D eigenvalue weighted by Crippen LogP contribution is -2.55. The molecule has 0 unspecified atom stereocenters. The van der Waals surface area contributed by atoms with Gasteiger partial charge >= 0.3 is 0 Å². The van der Waals surface area contributed by atoms with Crippen molar-refractivity contribution in [1.82, 2.24) is 10.2 Å². The zero-order chi connectivity index (χ0) is 14.7. The van der Waals surface area contributed by atoms with E-state index in [1.54, 1.807) is 6.07 Å². The van der Waals surface area contributed by atoms with Gasteiger partial charge in [-0.05, 0) is 31.5 Å². The Balaban J connectivity index is 0.00000176. The number of hydrogen-bond acceptors (Lipinski definition) is 4. The summed E-state index contributed by atoms with van der Waals surface area (Å²) in [6, 6.07) is 7.40. The summed E-state index contributed by atoms with van der Waals surface area (Å²) in [5, 5.41) is 13.2. The zero-order valence-corrected chi connectivity index (χ0v) is 13.5. The highest BCUT2D eigenvalue weighted by Crippen LogP contribution is 2.27. The molecule has 1 aromatic rings. The molecule has 2 aliphatic rings. The third kappa shape index (κ3) is 3.65. The molecule has 2 heterocycles. The SMILES string of the molecule is Cl.O=C([C@H]1CCCCN1)N1CCN(c2ccccc2O)CC1. The van der Waals surface area contributed by atoms with Crippen molar-refractivity contribution >= 4 is 24.0 Å². The lowest BCUT2D eigenvalue weighted by atomic mass is 10.0. The van der Waals surface area contributed by atoms with E-state index in [2.05, 4.69) is 10.2 Å². The van der Waals surface area contributed by atoms with Crippen LogP contribution < -0.4 is 10.2 Å². The number of anilines is 1. The summed E-state index contributed by atoms with van der Waals surface area (Å²) in [5.74, 6) is 0.554. The lowest BCUT2D eigenvalue weighted by molar-refractivity contribution is -0.134. The molecular formula is C16H24ClN3O2. The predicted molar refractivity (Wildman–Crippen MR) is 89.8 cm³/mol. The molecule has 0 radical (unpaired) electrons. The number of aromatic hydroxyl groups is 1. The number of piperazine rings is 1. The number of hydrogen-bond donors (Lipinski definition) is 2. The Morgan fingerprint density at radius 1 is 1.14 bits per heavy atom. The fraction of sp³-hybridized carbons (Fsp3) is 0.562. The highest BCUT2D eigenvalue weighted by molar-refractivity contribution is 5.85. The summed E-state index contributed by atoms with van der Waals surface area (Å²) in [7, 11) is 0. The molecule has 122 valence electrons. The number of para-hydroxylation sites is 2. The summed E-state index contributed by atoms with van der Waals surface area (Å²) in [6.07, 6.45) is 3.27. The molecule has 1 aromatic carbocycles. The highest BCUT2D eigenvalue weighted by Gasteiger charge is 2.28. The van der Waals surface area contributed by atoms with Crippen LogP contribution in [0.5, 0.6) is 5.75 Å². The Morgan fingerprint density at radius 2 is 1.86 bits per heavy atom. The maximum absolute atomic E-state index is 12.5. The third-order valence-electron chi connectivity index (χ3n) is 4.42. The van der Waals surface area contributed by atoms with E-state index >= 15 is 0 Å². The second-order valence-corrected chi connectivity index (χ2v) is 5.80. The number of carbonyl (C=O) groups excluding carboxylic acids is 1. The van der Waals surface area contributed by atoms with Crippen LogP contribution in [0.3, 0.4) is 0 Å². The van der Waals surface area contributed by atoms with Crippen LogP contribution in [-0.4, -0.2) is 54.7 Å². The molecule has 2 fully saturated rings. The van der Waals surface area contributed by atoms with E-state index in [-0.39, 0.29) is 24.4 Å². The maximum Gasteiger partial charge on any atom is 0.239 e. The van der Waals surface area contributed by atoms with Crippen LogP contribution in [0.2, 0.25) is 0 Å². The monoisotopic (exact) mass is 325 g/mol. The van der Waals surface area contributed by atoms with Crippen LogP contribution in [-0.2, 0) is 4.79 Å². The van der Waals surface area contributed by atoms with Gasteiger partial charge in [-0.3, -0.25) is 4.79 Å². The first-order chi connectivity index (χ1) is 10.3. The number of rotatable bonds is 2. The summed E-state index contributed by atoms with van der Waals surface area (Å²) >= 11 is 0. The van der Waals surface area contributed by atoms with Crippen LogP contribution in [0.25, 0.3) is 0 Å². The Hall–Kier alpha value is -1.46. The summed E-state index contributed by atoms with van der Waals surface area (Å²) in [6.45, 7) is 3.96. The van der Waals surface area contributed by atoms with Crippen LogP contribution >= 0.6 is 12.4 Å². The number of halogens is 1. The number of amides is 1. The number of nitrogens with one attached hydrogen (secondary N) is 1. The molecular weight excluding hydrogens is 302 g/mol. The first-order valence-electron chi connectivity index (χ1n) is 7.81. The molecule has 0 aliphatic carbocycles. The van der Waals surface area contributed by atoms with Crippen molar-refractivity contribution in [3.8, 4) is 5.75 Å². The van der Waals surface area contributed by atoms with E-state index < -0.39 is 0 Å². The van der Waals surface area contributed by atoms with Gasteiger partial charge in [0, 0.05) is 26.2 Å². The maximum atomic E-state index is 12.5. The third-order valence-corrected chi connectivity index (χ3v) is 4.42. The quantitative estimate of drug-likeness (QED) is 0.867. The minimum atomic E-state index is 0. The van der Waals surface area contributed by atoms with Crippen molar-refractivity contribution in [1.29, 1.82) is 0 Å². The summed E-state index contributed by atoms with van der Waals surface area (Å²) < 4.78 is 0. The number of phenols is 1. The molecule has 0 spiro atoms. The molecule has 2 saturated heterocycles. The van der Waals surface area contributed by atoms with Crippen molar-refractivity contribution < 1.29 is 9.90 Å². The fourth-order valence-corrected chi connectivity index (χ4v) is 3.18. The molecule has 0 bridgehead atoms. The molecule has 6 heteroatoms. The van der Waals surface area contributed by atoms with Gasteiger partial charge in [0.2, 0.25) is 5.91 Å². The highest BCUT2D eigenvalue weighted by atomic mass is 35.5. The summed E-state index contributed by atoms with van der Waals surface area (Å²) in [4.78, 5) is 16.6. The number of benzene rings is 1. The molecule has 1 atom stereocenters. The van der Waals surface area contributed by atoms with Crippen molar-refractivity contribution in [3.05, 3.63) is 24.3 Å². The molecule has 22 heavy (non-hydrogen) atoms. The van der Waals surface area contributed by atoms with Crippen LogP contribution in [0.15, 0.2) is 24.3 Å². The Labute approximate surface area is 137 Å². The van der Waals surface area contributed by atoms with E-state index in [1.807, 2.05) is 23.1 Å². The second-order valence-electron chi connectivity index (χ2n) is 5.80. The van der Waals surface area contributed by atoms with Crippen LogP contribution in [0.1, 0.15) is 19.3 Å². The number of phenolic OH excluding ortho intramolecular Hbond substituents is 1. The van der Waals surface area contributed by atoms with Gasteiger partial charge in [0.15, 0.2) is 0 Å². The van der Waals surface area contributed by atoms with E-state index in [1.165, 1.54) is 6.42 Å². The van der Waals surface area contributed by atoms with Crippen molar-refractivity contribution in [2.75, 3.05) is 37.6 Å². The van der Waals surface area contributed by atoms with Gasteiger partial charge in [0.1, 0.15) is 5.75 Å². The lowest BCUT2D eigenvalue weighted by Gasteiger charge is -2.38. The molecule has 2 N–H and O–H groups in total. The largest absolute Gasteiger partial charge is 0.506 e. The summed E-state index contributed by atoms with van der Waals surface area (Å²) in [5.41, 5.74) is 0.861. The molecule has 0 aromatic heterocycles. The molecule has 5 nitrogen and oxygen atoms in total.